The molecule has 0 fully saturated rings. The minimum atomic E-state index is -3.72. The van der Waals surface area contributed by atoms with Crippen molar-refractivity contribution in [2.24, 2.45) is 0 Å². The number of hydrogen-bond acceptors (Lipinski definition) is 4. The van der Waals surface area contributed by atoms with Crippen molar-refractivity contribution in [2.75, 3.05) is 12.3 Å². The Balaban J connectivity index is 2.08. The Morgan fingerprint density at radius 1 is 1.20 bits per heavy atom. The number of sulfonamides is 1. The smallest absolute Gasteiger partial charge is 0.244 e. The Morgan fingerprint density at radius 2 is 1.95 bits per heavy atom. The second kappa shape index (κ2) is 6.32. The maximum atomic E-state index is 12.2. The van der Waals surface area contributed by atoms with Crippen LogP contribution in [0.25, 0.3) is 0 Å². The van der Waals surface area contributed by atoms with Crippen LogP contribution in [0.2, 0.25) is 9.36 Å². The number of nitrogen functional groups attached to an aromatic ring is 1. The maximum absolute atomic E-state index is 12.2. The molecule has 0 aliphatic carbocycles. The molecule has 0 saturated heterocycles. The molecule has 0 radical (unpaired) electrons. The molecule has 0 atom stereocenters. The Labute approximate surface area is 131 Å². The highest BCUT2D eigenvalue weighted by atomic mass is 35.5. The largest absolute Gasteiger partial charge is 0.398 e. The number of benzene rings is 1. The number of nitrogens with one attached hydrogen (secondary N) is 1. The van der Waals surface area contributed by atoms with Crippen molar-refractivity contribution in [2.45, 2.75) is 11.3 Å². The summed E-state index contributed by atoms with van der Waals surface area (Å²) in [4.78, 5) is 0.927. The average molecular weight is 351 g/mol. The number of hydrogen-bond donors (Lipinski definition) is 2. The summed E-state index contributed by atoms with van der Waals surface area (Å²) in [5.41, 5.74) is 5.80. The summed E-state index contributed by atoms with van der Waals surface area (Å²) < 4.78 is 27.5. The van der Waals surface area contributed by atoms with Crippen molar-refractivity contribution in [1.82, 2.24) is 4.72 Å². The van der Waals surface area contributed by atoms with Crippen LogP contribution in [0.15, 0.2) is 35.2 Å². The third-order valence-electron chi connectivity index (χ3n) is 2.56. The van der Waals surface area contributed by atoms with Crippen LogP contribution in [0, 0.1) is 0 Å². The third-order valence-corrected chi connectivity index (χ3v) is 5.85. The predicted molar refractivity (Wildman–Crippen MR) is 84.1 cm³/mol. The zero-order valence-corrected chi connectivity index (χ0v) is 13.4. The van der Waals surface area contributed by atoms with E-state index in [0.29, 0.717) is 10.8 Å². The molecule has 0 saturated carbocycles. The molecule has 2 rings (SSSR count). The van der Waals surface area contributed by atoms with E-state index in [4.69, 9.17) is 28.9 Å². The molecule has 2 aromatic rings. The van der Waals surface area contributed by atoms with Crippen molar-refractivity contribution in [3.05, 3.63) is 44.6 Å². The molecule has 1 heterocycles. The summed E-state index contributed by atoms with van der Waals surface area (Å²) in [5.74, 6) is 0. The van der Waals surface area contributed by atoms with Gasteiger partial charge in [-0.15, -0.1) is 11.3 Å². The van der Waals surface area contributed by atoms with Gasteiger partial charge in [0.1, 0.15) is 4.90 Å². The standard InChI is InChI=1S/C12H12Cl2N2O2S2/c13-9-2-1-3-10(15)12(9)20(17,18)16-7-6-8-4-5-11(14)19-8/h1-5,16H,6-7,15H2. The first-order chi connectivity index (χ1) is 9.40. The molecule has 20 heavy (non-hydrogen) atoms. The molecular weight excluding hydrogens is 339 g/mol. The van der Waals surface area contributed by atoms with Crippen LogP contribution in [0.1, 0.15) is 4.88 Å². The van der Waals surface area contributed by atoms with E-state index in [1.807, 2.05) is 6.07 Å². The fraction of sp³-hybridized carbons (Fsp3) is 0.167. The fourth-order valence-electron chi connectivity index (χ4n) is 1.68. The number of thiophene rings is 1. The average Bonchev–Trinajstić information content (AvgIpc) is 2.74. The first kappa shape index (κ1) is 15.6. The number of halogens is 2. The Kier molecular flexibility index (Phi) is 4.93. The summed E-state index contributed by atoms with van der Waals surface area (Å²) in [7, 11) is -3.72. The normalized spacial score (nSPS) is 11.7. The Hall–Kier alpha value is -0.790. The number of nitrogens with two attached hydrogens (primary N) is 1. The summed E-state index contributed by atoms with van der Waals surface area (Å²) in [6.07, 6.45) is 0.557. The molecule has 3 N–H and O–H groups in total. The molecule has 1 aromatic carbocycles. The maximum Gasteiger partial charge on any atom is 0.244 e. The van der Waals surface area contributed by atoms with Crippen LogP contribution in [-0.2, 0) is 16.4 Å². The molecule has 4 nitrogen and oxygen atoms in total. The van der Waals surface area contributed by atoms with Crippen molar-refractivity contribution in [3.8, 4) is 0 Å². The van der Waals surface area contributed by atoms with Gasteiger partial charge in [-0.25, -0.2) is 13.1 Å². The van der Waals surface area contributed by atoms with Crippen molar-refractivity contribution in [1.29, 1.82) is 0 Å². The molecule has 0 bridgehead atoms. The van der Waals surface area contributed by atoms with Gasteiger partial charge in [0.05, 0.1) is 15.0 Å². The van der Waals surface area contributed by atoms with Gasteiger partial charge in [-0.3, -0.25) is 0 Å². The van der Waals surface area contributed by atoms with Gasteiger partial charge in [0, 0.05) is 11.4 Å². The first-order valence-electron chi connectivity index (χ1n) is 5.68. The molecule has 0 unspecified atom stereocenters. The van der Waals surface area contributed by atoms with E-state index >= 15 is 0 Å². The van der Waals surface area contributed by atoms with Gasteiger partial charge in [-0.1, -0.05) is 29.3 Å². The molecule has 0 aliphatic rings. The first-order valence-corrected chi connectivity index (χ1v) is 8.73. The summed E-state index contributed by atoms with van der Waals surface area (Å²) in [5, 5.41) is 0.108. The van der Waals surface area contributed by atoms with Gasteiger partial charge in [0.25, 0.3) is 0 Å². The summed E-state index contributed by atoms with van der Waals surface area (Å²) in [6, 6.07) is 8.24. The summed E-state index contributed by atoms with van der Waals surface area (Å²) in [6.45, 7) is 0.254. The van der Waals surface area contributed by atoms with E-state index in [1.165, 1.54) is 23.5 Å². The van der Waals surface area contributed by atoms with Gasteiger partial charge in [-0.05, 0) is 30.7 Å². The van der Waals surface area contributed by atoms with E-state index in [1.54, 1.807) is 12.1 Å². The highest BCUT2D eigenvalue weighted by molar-refractivity contribution is 7.89. The van der Waals surface area contributed by atoms with Crippen LogP contribution in [0.5, 0.6) is 0 Å². The monoisotopic (exact) mass is 350 g/mol. The number of rotatable bonds is 5. The van der Waals surface area contributed by atoms with Crippen molar-refractivity contribution < 1.29 is 8.42 Å². The predicted octanol–water partition coefficient (Wildman–Crippen LogP) is 3.16. The van der Waals surface area contributed by atoms with Gasteiger partial charge >= 0.3 is 0 Å². The zero-order valence-electron chi connectivity index (χ0n) is 10.3. The Morgan fingerprint density at radius 3 is 2.55 bits per heavy atom. The van der Waals surface area contributed by atoms with Crippen LogP contribution in [0.3, 0.4) is 0 Å². The molecule has 0 aliphatic heterocycles. The lowest BCUT2D eigenvalue weighted by molar-refractivity contribution is 0.582. The van der Waals surface area contributed by atoms with Crippen LogP contribution in [-0.4, -0.2) is 15.0 Å². The lowest BCUT2D eigenvalue weighted by Crippen LogP contribution is -2.26. The third kappa shape index (κ3) is 3.65. The summed E-state index contributed by atoms with van der Waals surface area (Å²) >= 11 is 13.1. The molecule has 8 heteroatoms. The van der Waals surface area contributed by atoms with Gasteiger partial charge < -0.3 is 5.73 Å². The van der Waals surface area contributed by atoms with Crippen LogP contribution < -0.4 is 10.5 Å². The highest BCUT2D eigenvalue weighted by Gasteiger charge is 2.20. The Bertz CT molecular complexity index is 694. The van der Waals surface area contributed by atoms with Gasteiger partial charge in [0.15, 0.2) is 0 Å². The number of anilines is 1. The quantitative estimate of drug-likeness (QED) is 0.813. The second-order valence-corrected chi connectivity index (χ2v) is 7.92. The molecular formula is C12H12Cl2N2O2S2. The molecule has 108 valence electrons. The van der Waals surface area contributed by atoms with Gasteiger partial charge in [-0.2, -0.15) is 0 Å². The van der Waals surface area contributed by atoms with E-state index in [-0.39, 0.29) is 22.2 Å². The van der Waals surface area contributed by atoms with Crippen molar-refractivity contribution in [3.63, 3.8) is 0 Å². The van der Waals surface area contributed by atoms with Crippen LogP contribution in [0.4, 0.5) is 5.69 Å². The van der Waals surface area contributed by atoms with E-state index in [9.17, 15) is 8.42 Å². The minimum Gasteiger partial charge on any atom is -0.398 e. The topological polar surface area (TPSA) is 72.2 Å². The lowest BCUT2D eigenvalue weighted by atomic mass is 10.3. The minimum absolute atomic E-state index is 0.0779. The molecule has 1 aromatic heterocycles. The fourth-order valence-corrected chi connectivity index (χ4v) is 4.47. The van der Waals surface area contributed by atoms with Crippen LogP contribution >= 0.6 is 34.5 Å². The van der Waals surface area contributed by atoms with E-state index in [2.05, 4.69) is 4.72 Å². The zero-order chi connectivity index (χ0) is 14.8. The second-order valence-electron chi connectivity index (χ2n) is 4.01. The van der Waals surface area contributed by atoms with E-state index < -0.39 is 10.0 Å². The molecule has 0 spiro atoms. The lowest BCUT2D eigenvalue weighted by Gasteiger charge is -2.10. The SMILES string of the molecule is Nc1cccc(Cl)c1S(=O)(=O)NCCc1ccc(Cl)s1. The van der Waals surface area contributed by atoms with Crippen molar-refractivity contribution >= 4 is 50.2 Å². The molecule has 0 amide bonds. The van der Waals surface area contributed by atoms with Gasteiger partial charge in [0.2, 0.25) is 10.0 Å². The highest BCUT2D eigenvalue weighted by Crippen LogP contribution is 2.27. The van der Waals surface area contributed by atoms with E-state index in [0.717, 1.165) is 4.88 Å².